The maximum atomic E-state index is 6.08. The van der Waals surface area contributed by atoms with Crippen LogP contribution in [-0.4, -0.2) is 12.6 Å². The van der Waals surface area contributed by atoms with Crippen LogP contribution in [0.5, 0.6) is 0 Å². The second-order valence-electron chi connectivity index (χ2n) is 8.14. The van der Waals surface area contributed by atoms with Crippen LogP contribution in [0.3, 0.4) is 0 Å². The van der Waals surface area contributed by atoms with Gasteiger partial charge in [0.05, 0.1) is 0 Å². The van der Waals surface area contributed by atoms with Crippen molar-refractivity contribution in [3.8, 4) is 0 Å². The van der Waals surface area contributed by atoms with Crippen molar-refractivity contribution in [2.75, 3.05) is 6.54 Å². The fourth-order valence-electron chi connectivity index (χ4n) is 3.33. The van der Waals surface area contributed by atoms with Gasteiger partial charge in [-0.05, 0) is 25.3 Å². The molecule has 0 amide bonds. The summed E-state index contributed by atoms with van der Waals surface area (Å²) in [5, 5.41) is 0. The third-order valence-electron chi connectivity index (χ3n) is 5.35. The molecular formula is C22H48N2. The SMILES string of the molecule is CC(C)C(N)CCCCCCCCCCCCCCCCCCN. The molecule has 0 fully saturated rings. The molecule has 0 aromatic heterocycles. The lowest BCUT2D eigenvalue weighted by Gasteiger charge is -2.14. The summed E-state index contributed by atoms with van der Waals surface area (Å²) in [7, 11) is 0. The van der Waals surface area contributed by atoms with E-state index < -0.39 is 0 Å². The van der Waals surface area contributed by atoms with Crippen molar-refractivity contribution in [3.05, 3.63) is 0 Å². The minimum Gasteiger partial charge on any atom is -0.330 e. The minimum absolute atomic E-state index is 0.413. The highest BCUT2D eigenvalue weighted by atomic mass is 14.6. The number of unbranched alkanes of at least 4 members (excludes halogenated alkanes) is 15. The molecule has 0 bridgehead atoms. The Balaban J connectivity index is 3.03. The molecular weight excluding hydrogens is 292 g/mol. The van der Waals surface area contributed by atoms with Crippen molar-refractivity contribution < 1.29 is 0 Å². The Bertz CT molecular complexity index is 228. The third kappa shape index (κ3) is 18.3. The Morgan fingerprint density at radius 1 is 0.500 bits per heavy atom. The van der Waals surface area contributed by atoms with Crippen LogP contribution in [0, 0.1) is 5.92 Å². The Morgan fingerprint density at radius 3 is 1.08 bits per heavy atom. The van der Waals surface area contributed by atoms with E-state index in [1.54, 1.807) is 0 Å². The smallest absolute Gasteiger partial charge is 0.00618 e. The molecule has 146 valence electrons. The van der Waals surface area contributed by atoms with Crippen molar-refractivity contribution in [2.45, 2.75) is 129 Å². The van der Waals surface area contributed by atoms with Crippen LogP contribution in [0.4, 0.5) is 0 Å². The van der Waals surface area contributed by atoms with Crippen LogP contribution in [0.1, 0.15) is 123 Å². The molecule has 1 unspecified atom stereocenters. The predicted molar refractivity (Wildman–Crippen MR) is 110 cm³/mol. The molecule has 0 aliphatic heterocycles. The van der Waals surface area contributed by atoms with Gasteiger partial charge in [-0.3, -0.25) is 0 Å². The highest BCUT2D eigenvalue weighted by molar-refractivity contribution is 4.64. The van der Waals surface area contributed by atoms with E-state index in [1.165, 1.54) is 109 Å². The number of hydrogen-bond acceptors (Lipinski definition) is 2. The molecule has 0 aliphatic carbocycles. The first-order valence-corrected chi connectivity index (χ1v) is 11.1. The van der Waals surface area contributed by atoms with Gasteiger partial charge in [0.25, 0.3) is 0 Å². The molecule has 0 aliphatic rings. The van der Waals surface area contributed by atoms with Gasteiger partial charge >= 0.3 is 0 Å². The summed E-state index contributed by atoms with van der Waals surface area (Å²) in [6.45, 7) is 5.33. The molecule has 0 spiro atoms. The molecule has 2 heteroatoms. The highest BCUT2D eigenvalue weighted by Crippen LogP contribution is 2.15. The van der Waals surface area contributed by atoms with E-state index in [0.717, 1.165) is 6.54 Å². The minimum atomic E-state index is 0.413. The Morgan fingerprint density at radius 2 is 0.792 bits per heavy atom. The molecule has 24 heavy (non-hydrogen) atoms. The highest BCUT2D eigenvalue weighted by Gasteiger charge is 2.06. The van der Waals surface area contributed by atoms with E-state index in [2.05, 4.69) is 13.8 Å². The van der Waals surface area contributed by atoms with Crippen LogP contribution >= 0.6 is 0 Å². The van der Waals surface area contributed by atoms with Crippen molar-refractivity contribution in [2.24, 2.45) is 17.4 Å². The fraction of sp³-hybridized carbons (Fsp3) is 1.00. The number of hydrogen-bond donors (Lipinski definition) is 2. The lowest BCUT2D eigenvalue weighted by Crippen LogP contribution is -2.25. The molecule has 4 N–H and O–H groups in total. The van der Waals surface area contributed by atoms with Gasteiger partial charge in [-0.1, -0.05) is 110 Å². The predicted octanol–water partition coefficient (Wildman–Crippen LogP) is 6.56. The summed E-state index contributed by atoms with van der Waals surface area (Å²) in [5.74, 6) is 0.640. The van der Waals surface area contributed by atoms with E-state index in [0.29, 0.717) is 12.0 Å². The van der Waals surface area contributed by atoms with E-state index in [1.807, 2.05) is 0 Å². The van der Waals surface area contributed by atoms with Gasteiger partial charge in [0.1, 0.15) is 0 Å². The molecule has 0 heterocycles. The van der Waals surface area contributed by atoms with Gasteiger partial charge in [0.2, 0.25) is 0 Å². The maximum Gasteiger partial charge on any atom is 0.00618 e. The number of nitrogens with two attached hydrogens (primary N) is 2. The van der Waals surface area contributed by atoms with Crippen LogP contribution in [0.2, 0.25) is 0 Å². The average Bonchev–Trinajstić information content (AvgIpc) is 2.57. The summed E-state index contributed by atoms with van der Waals surface area (Å²) in [5.41, 5.74) is 11.6. The maximum absolute atomic E-state index is 6.08. The quantitative estimate of drug-likeness (QED) is 0.262. The lowest BCUT2D eigenvalue weighted by molar-refractivity contribution is 0.438. The van der Waals surface area contributed by atoms with Crippen LogP contribution in [0.15, 0.2) is 0 Å². The van der Waals surface area contributed by atoms with Gasteiger partial charge in [0, 0.05) is 6.04 Å². The fourth-order valence-corrected chi connectivity index (χ4v) is 3.33. The molecule has 2 nitrogen and oxygen atoms in total. The Hall–Kier alpha value is -0.0800. The largest absolute Gasteiger partial charge is 0.330 e. The van der Waals surface area contributed by atoms with Gasteiger partial charge in [0.15, 0.2) is 0 Å². The second-order valence-corrected chi connectivity index (χ2v) is 8.14. The molecule has 0 saturated heterocycles. The molecule has 0 saturated carbocycles. The van der Waals surface area contributed by atoms with Gasteiger partial charge in [-0.2, -0.15) is 0 Å². The average molecular weight is 341 g/mol. The number of rotatable bonds is 19. The van der Waals surface area contributed by atoms with Gasteiger partial charge in [-0.25, -0.2) is 0 Å². The van der Waals surface area contributed by atoms with Crippen molar-refractivity contribution in [1.29, 1.82) is 0 Å². The van der Waals surface area contributed by atoms with Gasteiger partial charge < -0.3 is 11.5 Å². The Labute approximate surface area is 153 Å². The van der Waals surface area contributed by atoms with E-state index in [4.69, 9.17) is 11.5 Å². The van der Waals surface area contributed by atoms with Gasteiger partial charge in [-0.15, -0.1) is 0 Å². The first-order chi connectivity index (χ1) is 11.7. The first-order valence-electron chi connectivity index (χ1n) is 11.1. The van der Waals surface area contributed by atoms with Crippen molar-refractivity contribution in [1.82, 2.24) is 0 Å². The van der Waals surface area contributed by atoms with Crippen molar-refractivity contribution in [3.63, 3.8) is 0 Å². The second kappa shape index (κ2) is 19.2. The molecule has 0 rings (SSSR count). The standard InChI is InChI=1S/C22H48N2/c1-21(2)22(24)19-17-15-13-11-9-7-5-3-4-6-8-10-12-14-16-18-20-23/h21-22H,3-20,23-24H2,1-2H3. The zero-order valence-corrected chi connectivity index (χ0v) is 17.0. The van der Waals surface area contributed by atoms with Crippen LogP contribution < -0.4 is 11.5 Å². The summed E-state index contributed by atoms with van der Waals surface area (Å²) in [4.78, 5) is 0. The summed E-state index contributed by atoms with van der Waals surface area (Å²) in [6, 6.07) is 0.413. The van der Waals surface area contributed by atoms with E-state index >= 15 is 0 Å². The molecule has 0 aromatic carbocycles. The monoisotopic (exact) mass is 340 g/mol. The summed E-state index contributed by atoms with van der Waals surface area (Å²) < 4.78 is 0. The first kappa shape index (κ1) is 23.9. The lowest BCUT2D eigenvalue weighted by atomic mass is 9.98. The van der Waals surface area contributed by atoms with E-state index in [9.17, 15) is 0 Å². The summed E-state index contributed by atoms with van der Waals surface area (Å²) >= 11 is 0. The zero-order chi connectivity index (χ0) is 17.9. The molecule has 1 atom stereocenters. The third-order valence-corrected chi connectivity index (χ3v) is 5.35. The molecule has 0 aromatic rings. The van der Waals surface area contributed by atoms with E-state index in [-0.39, 0.29) is 0 Å². The van der Waals surface area contributed by atoms with Crippen LogP contribution in [0.25, 0.3) is 0 Å². The molecule has 0 radical (unpaired) electrons. The summed E-state index contributed by atoms with van der Waals surface area (Å²) in [6.07, 6.45) is 23.7. The van der Waals surface area contributed by atoms with Crippen LogP contribution in [-0.2, 0) is 0 Å². The normalized spacial score (nSPS) is 12.9. The zero-order valence-electron chi connectivity index (χ0n) is 17.0. The topological polar surface area (TPSA) is 52.0 Å². The van der Waals surface area contributed by atoms with Crippen molar-refractivity contribution >= 4 is 0 Å². The Kier molecular flexibility index (Phi) is 19.2.